The van der Waals surface area contributed by atoms with Gasteiger partial charge in [-0.15, -0.1) is 0 Å². The summed E-state index contributed by atoms with van der Waals surface area (Å²) < 4.78 is 10.5. The van der Waals surface area contributed by atoms with E-state index in [1.165, 1.54) is 12.0 Å². The Hall–Kier alpha value is -2.56. The molecule has 0 saturated heterocycles. The topological polar surface area (TPSA) is 60.5 Å². The molecule has 5 nitrogen and oxygen atoms in total. The third-order valence-corrected chi connectivity index (χ3v) is 5.22. The van der Waals surface area contributed by atoms with Crippen LogP contribution in [0.5, 0.6) is 5.75 Å². The molecule has 4 rings (SSSR count). The molecule has 2 atom stereocenters. The van der Waals surface area contributed by atoms with Gasteiger partial charge in [0.2, 0.25) is 0 Å². The first-order valence-corrected chi connectivity index (χ1v) is 8.82. The maximum Gasteiger partial charge on any atom is 0.357 e. The van der Waals surface area contributed by atoms with Gasteiger partial charge >= 0.3 is 5.97 Å². The van der Waals surface area contributed by atoms with Crippen LogP contribution in [0.15, 0.2) is 30.5 Å². The number of hydrogen-bond acceptors (Lipinski definition) is 5. The van der Waals surface area contributed by atoms with Crippen LogP contribution in [0.1, 0.15) is 59.6 Å². The number of carbonyl (C=O) groups is 1. The van der Waals surface area contributed by atoms with Crippen molar-refractivity contribution in [2.75, 3.05) is 19.0 Å². The van der Waals surface area contributed by atoms with Gasteiger partial charge in [-0.3, -0.25) is 0 Å². The summed E-state index contributed by atoms with van der Waals surface area (Å²) in [5.74, 6) is 1.43. The fourth-order valence-electron chi connectivity index (χ4n) is 4.22. The van der Waals surface area contributed by atoms with E-state index in [9.17, 15) is 4.79 Å². The molecule has 0 spiro atoms. The van der Waals surface area contributed by atoms with Gasteiger partial charge in [-0.1, -0.05) is 6.07 Å². The van der Waals surface area contributed by atoms with E-state index in [0.717, 1.165) is 35.5 Å². The average Bonchev–Trinajstić information content (AvgIpc) is 3.25. The highest BCUT2D eigenvalue weighted by Crippen LogP contribution is 2.56. The van der Waals surface area contributed by atoms with Gasteiger partial charge in [0, 0.05) is 11.8 Å². The molecule has 2 unspecified atom stereocenters. The molecule has 2 bridgehead atoms. The number of rotatable bonds is 5. The molecule has 130 valence electrons. The zero-order valence-electron chi connectivity index (χ0n) is 14.5. The van der Waals surface area contributed by atoms with Crippen LogP contribution in [-0.2, 0) is 4.74 Å². The predicted octanol–water partition coefficient (Wildman–Crippen LogP) is 4.38. The third kappa shape index (κ3) is 2.73. The lowest BCUT2D eigenvalue weighted by molar-refractivity contribution is 0.0517. The van der Waals surface area contributed by atoms with Crippen molar-refractivity contribution in [3.8, 4) is 5.75 Å². The molecule has 1 aromatic carbocycles. The fourth-order valence-corrected chi connectivity index (χ4v) is 4.22. The van der Waals surface area contributed by atoms with Crippen molar-refractivity contribution in [2.24, 2.45) is 0 Å². The number of esters is 1. The van der Waals surface area contributed by atoms with Crippen LogP contribution < -0.4 is 10.1 Å². The second-order valence-corrected chi connectivity index (χ2v) is 6.63. The number of nitrogens with zero attached hydrogens (tertiary/aromatic N) is 1. The standard InChI is InChI=1S/C20H22N2O3/c1-3-25-20(23)19-18-13-8-7-12(9-13)17(18)16(11-21-19)22-14-5-4-6-15(10-14)24-2/h4-6,10-13,22H,3,7-9H2,1-2H3. The Balaban J connectivity index is 1.74. The van der Waals surface area contributed by atoms with Crippen LogP contribution in [0.3, 0.4) is 0 Å². The smallest absolute Gasteiger partial charge is 0.357 e. The zero-order chi connectivity index (χ0) is 17.4. The highest BCUT2D eigenvalue weighted by atomic mass is 16.5. The largest absolute Gasteiger partial charge is 0.497 e. The van der Waals surface area contributed by atoms with Gasteiger partial charge in [0.15, 0.2) is 5.69 Å². The summed E-state index contributed by atoms with van der Waals surface area (Å²) in [4.78, 5) is 16.8. The summed E-state index contributed by atoms with van der Waals surface area (Å²) in [6.45, 7) is 2.19. The summed E-state index contributed by atoms with van der Waals surface area (Å²) in [5, 5.41) is 3.47. The van der Waals surface area contributed by atoms with Crippen molar-refractivity contribution in [3.05, 3.63) is 47.3 Å². The third-order valence-electron chi connectivity index (χ3n) is 5.22. The van der Waals surface area contributed by atoms with E-state index in [2.05, 4.69) is 10.3 Å². The first-order valence-electron chi connectivity index (χ1n) is 8.82. The minimum Gasteiger partial charge on any atom is -0.497 e. The van der Waals surface area contributed by atoms with Crippen molar-refractivity contribution in [1.82, 2.24) is 4.98 Å². The van der Waals surface area contributed by atoms with E-state index in [1.807, 2.05) is 31.2 Å². The Kier molecular flexibility index (Phi) is 4.07. The van der Waals surface area contributed by atoms with E-state index in [0.29, 0.717) is 24.1 Å². The maximum atomic E-state index is 12.3. The second-order valence-electron chi connectivity index (χ2n) is 6.63. The SMILES string of the molecule is CCOC(=O)c1ncc(Nc2cccc(OC)c2)c2c1C1CCC2C1. The zero-order valence-corrected chi connectivity index (χ0v) is 14.5. The summed E-state index contributed by atoms with van der Waals surface area (Å²) in [7, 11) is 1.66. The number of hydrogen-bond donors (Lipinski definition) is 1. The highest BCUT2D eigenvalue weighted by molar-refractivity contribution is 5.91. The molecule has 1 fully saturated rings. The van der Waals surface area contributed by atoms with Crippen LogP contribution in [0, 0.1) is 0 Å². The van der Waals surface area contributed by atoms with Crippen molar-refractivity contribution >= 4 is 17.3 Å². The lowest BCUT2D eigenvalue weighted by atomic mass is 9.89. The van der Waals surface area contributed by atoms with Gasteiger partial charge in [-0.2, -0.15) is 0 Å². The molecule has 0 amide bonds. The van der Waals surface area contributed by atoms with Gasteiger partial charge in [-0.05, 0) is 61.3 Å². The summed E-state index contributed by atoms with van der Waals surface area (Å²) >= 11 is 0. The normalized spacial score (nSPS) is 20.2. The Morgan fingerprint density at radius 2 is 2.08 bits per heavy atom. The van der Waals surface area contributed by atoms with Crippen molar-refractivity contribution in [1.29, 1.82) is 0 Å². The van der Waals surface area contributed by atoms with Gasteiger partial charge < -0.3 is 14.8 Å². The highest BCUT2D eigenvalue weighted by Gasteiger charge is 2.42. The summed E-state index contributed by atoms with van der Waals surface area (Å²) in [5.41, 5.74) is 4.79. The molecule has 0 aliphatic heterocycles. The predicted molar refractivity (Wildman–Crippen MR) is 95.8 cm³/mol. The van der Waals surface area contributed by atoms with E-state index in [1.54, 1.807) is 13.3 Å². The number of nitrogens with one attached hydrogen (secondary N) is 1. The Labute approximate surface area is 147 Å². The summed E-state index contributed by atoms with van der Waals surface area (Å²) in [6.07, 6.45) is 5.19. The van der Waals surface area contributed by atoms with Crippen molar-refractivity contribution < 1.29 is 14.3 Å². The Morgan fingerprint density at radius 1 is 1.28 bits per heavy atom. The van der Waals surface area contributed by atoms with Crippen LogP contribution in [0.4, 0.5) is 11.4 Å². The monoisotopic (exact) mass is 338 g/mol. The number of aromatic nitrogens is 1. The first-order chi connectivity index (χ1) is 12.2. The fraction of sp³-hybridized carbons (Fsp3) is 0.400. The first kappa shape index (κ1) is 15.9. The Bertz CT molecular complexity index is 819. The van der Waals surface area contributed by atoms with Crippen LogP contribution >= 0.6 is 0 Å². The molecule has 1 aromatic heterocycles. The number of benzene rings is 1. The molecule has 0 radical (unpaired) electrons. The average molecular weight is 338 g/mol. The number of methoxy groups -OCH3 is 1. The minimum atomic E-state index is -0.306. The van der Waals surface area contributed by atoms with E-state index >= 15 is 0 Å². The number of anilines is 2. The lowest BCUT2D eigenvalue weighted by Gasteiger charge is -2.21. The second kappa shape index (κ2) is 6.39. The molecule has 1 saturated carbocycles. The van der Waals surface area contributed by atoms with Crippen LogP contribution in [-0.4, -0.2) is 24.7 Å². The molecule has 1 heterocycles. The van der Waals surface area contributed by atoms with Gasteiger partial charge in [0.1, 0.15) is 5.75 Å². The van der Waals surface area contributed by atoms with E-state index in [-0.39, 0.29) is 5.97 Å². The lowest BCUT2D eigenvalue weighted by Crippen LogP contribution is -2.15. The number of ether oxygens (including phenoxy) is 2. The van der Waals surface area contributed by atoms with Gasteiger partial charge in [0.05, 0.1) is 25.6 Å². The molecule has 2 aliphatic rings. The van der Waals surface area contributed by atoms with E-state index < -0.39 is 0 Å². The molecule has 25 heavy (non-hydrogen) atoms. The maximum absolute atomic E-state index is 12.3. The molecular formula is C20H22N2O3. The number of fused-ring (bicyclic) bond motifs is 5. The van der Waals surface area contributed by atoms with Crippen LogP contribution in [0.25, 0.3) is 0 Å². The van der Waals surface area contributed by atoms with Gasteiger partial charge in [0.25, 0.3) is 0 Å². The van der Waals surface area contributed by atoms with E-state index in [4.69, 9.17) is 9.47 Å². The quantitative estimate of drug-likeness (QED) is 0.820. The Morgan fingerprint density at radius 3 is 2.84 bits per heavy atom. The minimum absolute atomic E-state index is 0.306. The van der Waals surface area contributed by atoms with Crippen LogP contribution in [0.2, 0.25) is 0 Å². The molecule has 1 N–H and O–H groups in total. The molecular weight excluding hydrogens is 316 g/mol. The van der Waals surface area contributed by atoms with Gasteiger partial charge in [-0.25, -0.2) is 9.78 Å². The number of pyridine rings is 1. The number of carbonyl (C=O) groups excluding carboxylic acids is 1. The van der Waals surface area contributed by atoms with Crippen molar-refractivity contribution in [2.45, 2.75) is 38.0 Å². The molecule has 2 aromatic rings. The molecule has 2 aliphatic carbocycles. The summed E-state index contributed by atoms with van der Waals surface area (Å²) in [6, 6.07) is 7.83. The van der Waals surface area contributed by atoms with Crippen molar-refractivity contribution in [3.63, 3.8) is 0 Å². The molecule has 5 heteroatoms.